The van der Waals surface area contributed by atoms with Gasteiger partial charge in [0.1, 0.15) is 6.04 Å². The van der Waals surface area contributed by atoms with E-state index in [1.807, 2.05) is 0 Å². The molecule has 1 unspecified atom stereocenters. The third-order valence-electron chi connectivity index (χ3n) is 2.18. The van der Waals surface area contributed by atoms with E-state index in [0.29, 0.717) is 5.96 Å². The SMILES string of the molecule is CN=C(NSC[C@@H](NC(C)=O)C(=O)O)NC(C)CC(=O)O. The summed E-state index contributed by atoms with van der Waals surface area (Å²) in [5, 5.41) is 22.7. The van der Waals surface area contributed by atoms with Crippen LogP contribution in [0.1, 0.15) is 20.3 Å². The van der Waals surface area contributed by atoms with Crippen molar-refractivity contribution >= 4 is 35.8 Å². The summed E-state index contributed by atoms with van der Waals surface area (Å²) in [5.74, 6) is -2.08. The summed E-state index contributed by atoms with van der Waals surface area (Å²) in [7, 11) is 1.51. The average Bonchev–Trinajstić information content (AvgIpc) is 2.34. The molecule has 0 bridgehead atoms. The van der Waals surface area contributed by atoms with Crippen LogP contribution in [0.3, 0.4) is 0 Å². The number of hydrogen-bond donors (Lipinski definition) is 5. The Morgan fingerprint density at radius 2 is 1.86 bits per heavy atom. The molecule has 9 nitrogen and oxygen atoms in total. The summed E-state index contributed by atoms with van der Waals surface area (Å²) < 4.78 is 2.78. The molecule has 0 aliphatic heterocycles. The molecule has 0 aromatic rings. The molecule has 0 rings (SSSR count). The van der Waals surface area contributed by atoms with Gasteiger partial charge in [0.15, 0.2) is 0 Å². The summed E-state index contributed by atoms with van der Waals surface area (Å²) in [4.78, 5) is 36.2. The van der Waals surface area contributed by atoms with Gasteiger partial charge in [-0.05, 0) is 18.9 Å². The van der Waals surface area contributed by atoms with Crippen molar-refractivity contribution in [2.24, 2.45) is 4.99 Å². The van der Waals surface area contributed by atoms with Crippen LogP contribution in [0.25, 0.3) is 0 Å². The normalized spacial score (nSPS) is 14.0. The number of nitrogens with zero attached hydrogens (tertiary/aromatic N) is 1. The third-order valence-corrected chi connectivity index (χ3v) is 3.02. The molecule has 0 saturated heterocycles. The highest BCUT2D eigenvalue weighted by Gasteiger charge is 2.18. The molecule has 0 saturated carbocycles. The first-order chi connectivity index (χ1) is 9.76. The lowest BCUT2D eigenvalue weighted by molar-refractivity contribution is -0.140. The van der Waals surface area contributed by atoms with Gasteiger partial charge >= 0.3 is 11.9 Å². The van der Waals surface area contributed by atoms with Crippen molar-refractivity contribution in [3.8, 4) is 0 Å². The van der Waals surface area contributed by atoms with Gasteiger partial charge in [-0.2, -0.15) is 0 Å². The van der Waals surface area contributed by atoms with E-state index < -0.39 is 23.9 Å². The smallest absolute Gasteiger partial charge is 0.327 e. The molecule has 0 radical (unpaired) electrons. The molecule has 0 aliphatic rings. The largest absolute Gasteiger partial charge is 0.481 e. The lowest BCUT2D eigenvalue weighted by atomic mass is 10.2. The van der Waals surface area contributed by atoms with Crippen LogP contribution in [-0.2, 0) is 14.4 Å². The molecule has 0 heterocycles. The Bertz CT molecular complexity index is 415. The van der Waals surface area contributed by atoms with Crippen LogP contribution in [0.5, 0.6) is 0 Å². The standard InChI is InChI=1S/C11H20N4O5S/c1-6(4-9(17)18)13-11(12-3)15-21-5-8(10(19)20)14-7(2)16/h6,8H,4-5H2,1-3H3,(H,14,16)(H,17,18)(H,19,20)(H2,12,13,15)/t6?,8-/m1/s1. The molecule has 21 heavy (non-hydrogen) atoms. The molecule has 0 aromatic carbocycles. The number of rotatable bonds is 8. The Morgan fingerprint density at radius 3 is 2.29 bits per heavy atom. The molecule has 0 fully saturated rings. The molecule has 0 aromatic heterocycles. The van der Waals surface area contributed by atoms with Gasteiger partial charge in [-0.1, -0.05) is 0 Å². The van der Waals surface area contributed by atoms with E-state index in [9.17, 15) is 14.4 Å². The summed E-state index contributed by atoms with van der Waals surface area (Å²) >= 11 is 1.04. The zero-order valence-electron chi connectivity index (χ0n) is 12.0. The minimum atomic E-state index is -1.14. The van der Waals surface area contributed by atoms with E-state index in [0.717, 1.165) is 11.9 Å². The zero-order chi connectivity index (χ0) is 16.4. The van der Waals surface area contributed by atoms with Crippen LogP contribution in [-0.4, -0.2) is 58.9 Å². The summed E-state index contributed by atoms with van der Waals surface area (Å²) in [6.07, 6.45) is -0.0744. The fourth-order valence-electron chi connectivity index (χ4n) is 1.30. The van der Waals surface area contributed by atoms with Gasteiger partial charge in [-0.25, -0.2) is 4.79 Å². The Kier molecular flexibility index (Phi) is 8.93. The number of aliphatic imine (C=N–C) groups is 1. The average molecular weight is 320 g/mol. The van der Waals surface area contributed by atoms with E-state index in [1.165, 1.54) is 14.0 Å². The Morgan fingerprint density at radius 1 is 1.24 bits per heavy atom. The van der Waals surface area contributed by atoms with Gasteiger partial charge < -0.3 is 25.6 Å². The minimum Gasteiger partial charge on any atom is -0.481 e. The van der Waals surface area contributed by atoms with Crippen LogP contribution < -0.4 is 15.4 Å². The van der Waals surface area contributed by atoms with E-state index >= 15 is 0 Å². The van der Waals surface area contributed by atoms with E-state index in [4.69, 9.17) is 10.2 Å². The van der Waals surface area contributed by atoms with Gasteiger partial charge in [0, 0.05) is 25.8 Å². The Balaban J connectivity index is 4.24. The van der Waals surface area contributed by atoms with E-state index in [1.54, 1.807) is 6.92 Å². The first-order valence-electron chi connectivity index (χ1n) is 6.09. The molecular formula is C11H20N4O5S. The number of hydrogen-bond acceptors (Lipinski definition) is 5. The molecule has 2 atom stereocenters. The highest BCUT2D eigenvalue weighted by atomic mass is 32.2. The number of carbonyl (C=O) groups excluding carboxylic acids is 1. The van der Waals surface area contributed by atoms with Crippen molar-refractivity contribution < 1.29 is 24.6 Å². The fourth-order valence-corrected chi connectivity index (χ4v) is 2.06. The van der Waals surface area contributed by atoms with E-state index in [2.05, 4.69) is 20.3 Å². The summed E-state index contributed by atoms with van der Waals surface area (Å²) in [5.41, 5.74) is 0. The van der Waals surface area contributed by atoms with Gasteiger partial charge in [-0.3, -0.25) is 14.6 Å². The molecule has 5 N–H and O–H groups in total. The van der Waals surface area contributed by atoms with Crippen molar-refractivity contribution in [3.05, 3.63) is 0 Å². The summed E-state index contributed by atoms with van der Waals surface area (Å²) in [6, 6.07) is -1.35. The second kappa shape index (κ2) is 9.86. The highest BCUT2D eigenvalue weighted by molar-refractivity contribution is 7.98. The zero-order valence-corrected chi connectivity index (χ0v) is 12.9. The number of amides is 1. The molecule has 0 spiro atoms. The molecular weight excluding hydrogens is 300 g/mol. The van der Waals surface area contributed by atoms with Gasteiger partial charge in [0.25, 0.3) is 0 Å². The lowest BCUT2D eigenvalue weighted by Gasteiger charge is -2.17. The van der Waals surface area contributed by atoms with Crippen LogP contribution >= 0.6 is 11.9 Å². The first kappa shape index (κ1) is 19.0. The number of carboxylic acid groups (broad SMARTS) is 2. The molecule has 0 aliphatic carbocycles. The Labute approximate surface area is 126 Å². The quantitative estimate of drug-likeness (QED) is 0.224. The minimum absolute atomic E-state index is 0.0744. The predicted molar refractivity (Wildman–Crippen MR) is 79.0 cm³/mol. The van der Waals surface area contributed by atoms with Crippen LogP contribution in [0.2, 0.25) is 0 Å². The topological polar surface area (TPSA) is 140 Å². The van der Waals surface area contributed by atoms with Gasteiger partial charge in [0.05, 0.1) is 6.42 Å². The van der Waals surface area contributed by atoms with Gasteiger partial charge in [0.2, 0.25) is 11.9 Å². The van der Waals surface area contributed by atoms with Crippen molar-refractivity contribution in [3.63, 3.8) is 0 Å². The molecule has 10 heteroatoms. The van der Waals surface area contributed by atoms with Crippen LogP contribution in [0, 0.1) is 0 Å². The van der Waals surface area contributed by atoms with Crippen molar-refractivity contribution in [2.75, 3.05) is 12.8 Å². The maximum atomic E-state index is 10.9. The fraction of sp³-hybridized carbons (Fsp3) is 0.636. The van der Waals surface area contributed by atoms with Gasteiger partial charge in [-0.15, -0.1) is 0 Å². The molecule has 1 amide bonds. The highest BCUT2D eigenvalue weighted by Crippen LogP contribution is 1.99. The van der Waals surface area contributed by atoms with E-state index in [-0.39, 0.29) is 18.2 Å². The van der Waals surface area contributed by atoms with Crippen molar-refractivity contribution in [1.29, 1.82) is 0 Å². The number of nitrogens with one attached hydrogen (secondary N) is 3. The summed E-state index contributed by atoms with van der Waals surface area (Å²) in [6.45, 7) is 2.92. The number of carbonyl (C=O) groups is 3. The maximum absolute atomic E-state index is 10.9. The Hall–Kier alpha value is -1.97. The second-order valence-electron chi connectivity index (χ2n) is 4.22. The third kappa shape index (κ3) is 9.55. The number of guanidine groups is 1. The first-order valence-corrected chi connectivity index (χ1v) is 7.07. The van der Waals surface area contributed by atoms with Crippen molar-refractivity contribution in [2.45, 2.75) is 32.4 Å². The van der Waals surface area contributed by atoms with Crippen molar-refractivity contribution in [1.82, 2.24) is 15.4 Å². The lowest BCUT2D eigenvalue weighted by Crippen LogP contribution is -2.44. The maximum Gasteiger partial charge on any atom is 0.327 e. The predicted octanol–water partition coefficient (Wildman–Crippen LogP) is -0.748. The number of carboxylic acids is 2. The molecule has 120 valence electrons. The van der Waals surface area contributed by atoms with Crippen LogP contribution in [0.4, 0.5) is 0 Å². The van der Waals surface area contributed by atoms with Crippen LogP contribution in [0.15, 0.2) is 4.99 Å². The monoisotopic (exact) mass is 320 g/mol. The number of aliphatic carboxylic acids is 2. The second-order valence-corrected chi connectivity index (χ2v) is 5.05.